The molecule has 1 N–H and O–H groups in total. The second-order valence-corrected chi connectivity index (χ2v) is 14.8. The number of nitrogens with one attached hydrogen (secondary N) is 1. The van der Waals surface area contributed by atoms with Crippen molar-refractivity contribution in [2.45, 2.75) is 55.6 Å². The number of halogens is 2. The molecule has 4 aromatic rings. The fraction of sp³-hybridized carbons (Fsp3) is 0.297. The second kappa shape index (κ2) is 15.5. The van der Waals surface area contributed by atoms with E-state index in [0.29, 0.717) is 40.3 Å². The Morgan fingerprint density at radius 2 is 1.51 bits per heavy atom. The Morgan fingerprint density at radius 1 is 0.837 bits per heavy atom. The van der Waals surface area contributed by atoms with Crippen molar-refractivity contribution in [3.8, 4) is 11.5 Å². The molecule has 2 aliphatic rings. The van der Waals surface area contributed by atoms with Gasteiger partial charge in [0, 0.05) is 35.1 Å². The maximum absolute atomic E-state index is 14.8. The van der Waals surface area contributed by atoms with E-state index >= 15 is 0 Å². The summed E-state index contributed by atoms with van der Waals surface area (Å²) in [4.78, 5) is 30.4. The molecule has 9 nitrogen and oxygen atoms in total. The van der Waals surface area contributed by atoms with Gasteiger partial charge >= 0.3 is 0 Å². The molecule has 0 aromatic heterocycles. The molecule has 0 saturated heterocycles. The number of hydrogen-bond donors (Lipinski definition) is 1. The summed E-state index contributed by atoms with van der Waals surface area (Å²) in [6, 6.07) is 26.1. The van der Waals surface area contributed by atoms with E-state index in [0.717, 1.165) is 35.6 Å². The third kappa shape index (κ3) is 8.32. The molecule has 1 aliphatic carbocycles. The van der Waals surface area contributed by atoms with Crippen LogP contribution in [-0.2, 0) is 32.6 Å². The third-order valence-corrected chi connectivity index (χ3v) is 11.1. The Labute approximate surface area is 296 Å². The lowest BCUT2D eigenvalue weighted by molar-refractivity contribution is -0.140. The van der Waals surface area contributed by atoms with Gasteiger partial charge in [0.1, 0.15) is 25.8 Å². The topological polar surface area (TPSA) is 105 Å². The average molecular weight is 723 g/mol. The van der Waals surface area contributed by atoms with E-state index in [-0.39, 0.29) is 35.5 Å². The van der Waals surface area contributed by atoms with E-state index in [1.807, 2.05) is 30.3 Å². The van der Waals surface area contributed by atoms with Crippen LogP contribution in [0, 0.1) is 0 Å². The normalized spacial score (nSPS) is 15.0. The van der Waals surface area contributed by atoms with Crippen molar-refractivity contribution in [2.75, 3.05) is 24.1 Å². The zero-order valence-electron chi connectivity index (χ0n) is 26.8. The second-order valence-electron chi connectivity index (χ2n) is 12.1. The van der Waals surface area contributed by atoms with Gasteiger partial charge in [-0.05, 0) is 60.4 Å². The molecule has 2 amide bonds. The number of rotatable bonds is 12. The van der Waals surface area contributed by atoms with Crippen LogP contribution in [0.3, 0.4) is 0 Å². The maximum atomic E-state index is 14.8. The van der Waals surface area contributed by atoms with Crippen LogP contribution in [0.5, 0.6) is 11.5 Å². The van der Waals surface area contributed by atoms with E-state index in [9.17, 15) is 18.0 Å². The van der Waals surface area contributed by atoms with Gasteiger partial charge in [0.25, 0.3) is 10.0 Å². The molecule has 1 aliphatic heterocycles. The van der Waals surface area contributed by atoms with Crippen LogP contribution in [0.4, 0.5) is 5.69 Å². The fourth-order valence-electron chi connectivity index (χ4n) is 6.19. The van der Waals surface area contributed by atoms with Gasteiger partial charge in [0.15, 0.2) is 11.5 Å². The highest BCUT2D eigenvalue weighted by molar-refractivity contribution is 7.92. The number of carbonyl (C=O) groups is 2. The molecule has 0 bridgehead atoms. The van der Waals surface area contributed by atoms with Gasteiger partial charge in [-0.25, -0.2) is 8.42 Å². The van der Waals surface area contributed by atoms with Crippen molar-refractivity contribution >= 4 is 50.7 Å². The molecule has 1 heterocycles. The number of amides is 2. The van der Waals surface area contributed by atoms with E-state index in [1.54, 1.807) is 54.6 Å². The van der Waals surface area contributed by atoms with Gasteiger partial charge in [-0.2, -0.15) is 0 Å². The number of anilines is 1. The van der Waals surface area contributed by atoms with Crippen LogP contribution >= 0.6 is 23.2 Å². The van der Waals surface area contributed by atoms with Crippen molar-refractivity contribution in [1.82, 2.24) is 10.2 Å². The van der Waals surface area contributed by atoms with Crippen LogP contribution < -0.4 is 19.1 Å². The largest absolute Gasteiger partial charge is 0.486 e. The molecule has 256 valence electrons. The predicted molar refractivity (Wildman–Crippen MR) is 190 cm³/mol. The SMILES string of the molecule is O=C(NC1CCCC1)C(Cc1ccccc1)N(Cc1ccc(Cl)cc1Cl)C(=O)CN(c1ccc2c(c1)OCCO2)S(=O)(=O)c1ccccc1. The summed E-state index contributed by atoms with van der Waals surface area (Å²) in [5.74, 6) is -0.0649. The number of carbonyl (C=O) groups excluding carboxylic acids is 2. The van der Waals surface area contributed by atoms with Crippen LogP contribution in [-0.4, -0.2) is 57.0 Å². The van der Waals surface area contributed by atoms with Gasteiger partial charge in [0.2, 0.25) is 11.8 Å². The lowest BCUT2D eigenvalue weighted by Crippen LogP contribution is -2.54. The minimum atomic E-state index is -4.27. The quantitative estimate of drug-likeness (QED) is 0.176. The van der Waals surface area contributed by atoms with Gasteiger partial charge in [-0.1, -0.05) is 90.6 Å². The summed E-state index contributed by atoms with van der Waals surface area (Å²) >= 11 is 12.8. The first-order chi connectivity index (χ1) is 23.7. The van der Waals surface area contributed by atoms with Crippen LogP contribution in [0.25, 0.3) is 0 Å². The van der Waals surface area contributed by atoms with Crippen molar-refractivity contribution in [3.05, 3.63) is 118 Å². The molecular weight excluding hydrogens is 685 g/mol. The summed E-state index contributed by atoms with van der Waals surface area (Å²) < 4.78 is 41.1. The first-order valence-corrected chi connectivity index (χ1v) is 18.4. The highest BCUT2D eigenvalue weighted by atomic mass is 35.5. The molecular formula is C37H37Cl2N3O6S. The van der Waals surface area contributed by atoms with E-state index in [4.69, 9.17) is 32.7 Å². The molecule has 0 spiro atoms. The molecule has 12 heteroatoms. The number of sulfonamides is 1. The molecule has 0 radical (unpaired) electrons. The smallest absolute Gasteiger partial charge is 0.264 e. The zero-order chi connectivity index (χ0) is 34.4. The van der Waals surface area contributed by atoms with E-state index in [1.165, 1.54) is 17.0 Å². The van der Waals surface area contributed by atoms with E-state index in [2.05, 4.69) is 5.32 Å². The van der Waals surface area contributed by atoms with Crippen molar-refractivity contribution in [1.29, 1.82) is 0 Å². The predicted octanol–water partition coefficient (Wildman–Crippen LogP) is 6.66. The summed E-state index contributed by atoms with van der Waals surface area (Å²) in [5.41, 5.74) is 1.61. The molecule has 1 unspecified atom stereocenters. The Balaban J connectivity index is 1.42. The highest BCUT2D eigenvalue weighted by Crippen LogP contribution is 2.36. The number of ether oxygens (including phenoxy) is 2. The first kappa shape index (κ1) is 34.6. The standard InChI is InChI=1S/C37H37Cl2N3O6S/c38-28-16-15-27(32(39)22-28)24-41(33(21-26-9-3-1-4-10-26)37(44)40-29-11-7-8-12-29)36(43)25-42(49(45,46)31-13-5-2-6-14-31)30-17-18-34-35(23-30)48-20-19-47-34/h1-6,9-10,13-18,22-23,29,33H,7-8,11-12,19-21,24-25H2,(H,40,44). The lowest BCUT2D eigenvalue weighted by atomic mass is 10.0. The Kier molecular flexibility index (Phi) is 11.0. The Morgan fingerprint density at radius 3 is 2.20 bits per heavy atom. The number of fused-ring (bicyclic) bond motifs is 1. The minimum Gasteiger partial charge on any atom is -0.486 e. The van der Waals surface area contributed by atoms with E-state index < -0.39 is 28.5 Å². The molecule has 49 heavy (non-hydrogen) atoms. The van der Waals surface area contributed by atoms with Crippen LogP contribution in [0.1, 0.15) is 36.8 Å². The third-order valence-electron chi connectivity index (χ3n) is 8.75. The van der Waals surface area contributed by atoms with Crippen LogP contribution in [0.2, 0.25) is 10.0 Å². The van der Waals surface area contributed by atoms with Gasteiger partial charge in [0.05, 0.1) is 10.6 Å². The fourth-order valence-corrected chi connectivity index (χ4v) is 8.09. The van der Waals surface area contributed by atoms with Gasteiger partial charge in [-0.3, -0.25) is 13.9 Å². The van der Waals surface area contributed by atoms with Crippen LogP contribution in [0.15, 0.2) is 102 Å². The molecule has 4 aromatic carbocycles. The lowest BCUT2D eigenvalue weighted by Gasteiger charge is -2.34. The van der Waals surface area contributed by atoms with Crippen molar-refractivity contribution < 1.29 is 27.5 Å². The highest BCUT2D eigenvalue weighted by Gasteiger charge is 2.36. The Hall–Kier alpha value is -4.25. The van der Waals surface area contributed by atoms with Crippen molar-refractivity contribution in [3.63, 3.8) is 0 Å². The summed E-state index contributed by atoms with van der Waals surface area (Å²) in [6.07, 6.45) is 3.94. The molecule has 6 rings (SSSR count). The minimum absolute atomic E-state index is 0.00444. The first-order valence-electron chi connectivity index (χ1n) is 16.2. The molecule has 1 fully saturated rings. The summed E-state index contributed by atoms with van der Waals surface area (Å²) in [5, 5.41) is 3.91. The van der Waals surface area contributed by atoms with Crippen molar-refractivity contribution in [2.24, 2.45) is 0 Å². The number of benzene rings is 4. The number of nitrogens with zero attached hydrogens (tertiary/aromatic N) is 2. The summed E-state index contributed by atoms with van der Waals surface area (Å²) in [6.45, 7) is -0.00656. The molecule has 1 atom stereocenters. The Bertz CT molecular complexity index is 1890. The zero-order valence-corrected chi connectivity index (χ0v) is 29.1. The monoisotopic (exact) mass is 721 g/mol. The summed E-state index contributed by atoms with van der Waals surface area (Å²) in [7, 11) is -4.27. The molecule has 1 saturated carbocycles. The average Bonchev–Trinajstić information content (AvgIpc) is 3.63. The van der Waals surface area contributed by atoms with Gasteiger partial charge in [-0.15, -0.1) is 0 Å². The van der Waals surface area contributed by atoms with Gasteiger partial charge < -0.3 is 19.7 Å². The number of hydrogen-bond acceptors (Lipinski definition) is 6. The maximum Gasteiger partial charge on any atom is 0.264 e.